The first kappa shape index (κ1) is 16.0. The van der Waals surface area contributed by atoms with Gasteiger partial charge in [0.25, 0.3) is 0 Å². The van der Waals surface area contributed by atoms with E-state index < -0.39 is 0 Å². The summed E-state index contributed by atoms with van der Waals surface area (Å²) >= 11 is 0. The molecular formula is C17H25FN2O. The summed E-state index contributed by atoms with van der Waals surface area (Å²) in [5.74, 6) is -0.0183. The molecular weight excluding hydrogens is 267 g/mol. The van der Waals surface area contributed by atoms with Crippen molar-refractivity contribution >= 4 is 5.91 Å². The largest absolute Gasteiger partial charge is 0.335 e. The van der Waals surface area contributed by atoms with Gasteiger partial charge >= 0.3 is 0 Å². The average molecular weight is 292 g/mol. The lowest BCUT2D eigenvalue weighted by Gasteiger charge is -2.23. The van der Waals surface area contributed by atoms with Crippen molar-refractivity contribution in [2.75, 3.05) is 6.54 Å². The minimum Gasteiger partial charge on any atom is -0.335 e. The van der Waals surface area contributed by atoms with Gasteiger partial charge in [0.15, 0.2) is 0 Å². The predicted molar refractivity (Wildman–Crippen MR) is 82.3 cm³/mol. The summed E-state index contributed by atoms with van der Waals surface area (Å²) in [5, 5.41) is 3.33. The molecule has 1 saturated carbocycles. The molecule has 0 heterocycles. The average Bonchev–Trinajstić information content (AvgIpc) is 3.27. The van der Waals surface area contributed by atoms with E-state index in [-0.39, 0.29) is 11.7 Å². The molecule has 1 aromatic rings. The number of hydrogen-bond donors (Lipinski definition) is 1. The predicted octanol–water partition coefficient (Wildman–Crippen LogP) is 3.09. The third-order valence-corrected chi connectivity index (χ3v) is 3.69. The maximum absolute atomic E-state index is 12.9. The molecule has 21 heavy (non-hydrogen) atoms. The number of benzene rings is 1. The third-order valence-electron chi connectivity index (χ3n) is 3.69. The first-order valence-corrected chi connectivity index (χ1v) is 7.83. The maximum atomic E-state index is 12.9. The quantitative estimate of drug-likeness (QED) is 0.747. The Hall–Kier alpha value is -1.42. The van der Waals surface area contributed by atoms with Crippen molar-refractivity contribution in [1.29, 1.82) is 0 Å². The number of carbonyl (C=O) groups is 1. The Labute approximate surface area is 126 Å². The Morgan fingerprint density at radius 2 is 2.00 bits per heavy atom. The summed E-state index contributed by atoms with van der Waals surface area (Å²) < 4.78 is 12.9. The third kappa shape index (κ3) is 5.46. The van der Waals surface area contributed by atoms with E-state index in [1.807, 2.05) is 4.90 Å². The van der Waals surface area contributed by atoms with Crippen LogP contribution < -0.4 is 5.32 Å². The second-order valence-electron chi connectivity index (χ2n) is 6.09. The zero-order valence-electron chi connectivity index (χ0n) is 12.9. The molecule has 0 aliphatic heterocycles. The van der Waals surface area contributed by atoms with Gasteiger partial charge in [0.05, 0.1) is 0 Å². The molecule has 4 heteroatoms. The van der Waals surface area contributed by atoms with Gasteiger partial charge in [0.2, 0.25) is 5.91 Å². The number of carbonyl (C=O) groups excluding carboxylic acids is 1. The van der Waals surface area contributed by atoms with Crippen molar-refractivity contribution in [2.45, 2.75) is 58.2 Å². The highest BCUT2D eigenvalue weighted by atomic mass is 19.1. The van der Waals surface area contributed by atoms with Crippen LogP contribution in [0, 0.1) is 5.82 Å². The molecule has 0 radical (unpaired) electrons. The van der Waals surface area contributed by atoms with E-state index in [9.17, 15) is 9.18 Å². The monoisotopic (exact) mass is 292 g/mol. The zero-order chi connectivity index (χ0) is 15.2. The Balaban J connectivity index is 1.83. The fraction of sp³-hybridized carbons (Fsp3) is 0.588. The van der Waals surface area contributed by atoms with Crippen molar-refractivity contribution in [3.8, 4) is 0 Å². The number of nitrogens with one attached hydrogen (secondary N) is 1. The number of nitrogens with zero attached hydrogens (tertiary/aromatic N) is 1. The van der Waals surface area contributed by atoms with Gasteiger partial charge in [-0.3, -0.25) is 4.79 Å². The van der Waals surface area contributed by atoms with Gasteiger partial charge in [-0.25, -0.2) is 4.39 Å². The van der Waals surface area contributed by atoms with E-state index in [4.69, 9.17) is 0 Å². The van der Waals surface area contributed by atoms with E-state index in [0.717, 1.165) is 31.4 Å². The Kier molecular flexibility index (Phi) is 5.74. The van der Waals surface area contributed by atoms with Crippen LogP contribution in [0.3, 0.4) is 0 Å². The lowest BCUT2D eigenvalue weighted by Crippen LogP contribution is -2.33. The molecule has 3 nitrogen and oxygen atoms in total. The summed E-state index contributed by atoms with van der Waals surface area (Å²) in [6, 6.07) is 7.28. The van der Waals surface area contributed by atoms with E-state index in [1.165, 1.54) is 12.1 Å². The fourth-order valence-corrected chi connectivity index (χ4v) is 2.37. The standard InChI is InChI=1S/C17H25FN2O/c1-13(2)19-11-3-4-17(21)20(16-9-10-16)12-14-5-7-15(18)8-6-14/h5-8,13,16,19H,3-4,9-12H2,1-2H3. The summed E-state index contributed by atoms with van der Waals surface area (Å²) in [7, 11) is 0. The molecule has 0 spiro atoms. The van der Waals surface area contributed by atoms with Crippen LogP contribution in [0.2, 0.25) is 0 Å². The molecule has 1 aliphatic rings. The topological polar surface area (TPSA) is 32.3 Å². The Morgan fingerprint density at radius 1 is 1.33 bits per heavy atom. The smallest absolute Gasteiger partial charge is 0.223 e. The van der Waals surface area contributed by atoms with Gasteiger partial charge in [-0.2, -0.15) is 0 Å². The number of hydrogen-bond acceptors (Lipinski definition) is 2. The van der Waals surface area contributed by atoms with Gasteiger partial charge in [-0.05, 0) is 43.5 Å². The Morgan fingerprint density at radius 3 is 2.57 bits per heavy atom. The maximum Gasteiger partial charge on any atom is 0.223 e. The summed E-state index contributed by atoms with van der Waals surface area (Å²) in [4.78, 5) is 14.3. The van der Waals surface area contributed by atoms with Crippen LogP contribution in [-0.4, -0.2) is 29.4 Å². The highest BCUT2D eigenvalue weighted by Crippen LogP contribution is 2.29. The normalized spacial score (nSPS) is 14.5. The molecule has 1 amide bonds. The molecule has 1 N–H and O–H groups in total. The van der Waals surface area contributed by atoms with Crippen LogP contribution in [0.25, 0.3) is 0 Å². The van der Waals surface area contributed by atoms with E-state index in [1.54, 1.807) is 12.1 Å². The van der Waals surface area contributed by atoms with Crippen molar-refractivity contribution in [1.82, 2.24) is 10.2 Å². The molecule has 2 rings (SSSR count). The van der Waals surface area contributed by atoms with Crippen molar-refractivity contribution in [2.24, 2.45) is 0 Å². The first-order valence-electron chi connectivity index (χ1n) is 7.83. The van der Waals surface area contributed by atoms with E-state index >= 15 is 0 Å². The van der Waals surface area contributed by atoms with Crippen LogP contribution in [0.4, 0.5) is 4.39 Å². The van der Waals surface area contributed by atoms with Crippen LogP contribution >= 0.6 is 0 Å². The van der Waals surface area contributed by atoms with Crippen molar-refractivity contribution in [3.05, 3.63) is 35.6 Å². The highest BCUT2D eigenvalue weighted by molar-refractivity contribution is 5.76. The number of rotatable bonds is 8. The molecule has 0 atom stereocenters. The zero-order valence-corrected chi connectivity index (χ0v) is 12.9. The highest BCUT2D eigenvalue weighted by Gasteiger charge is 2.32. The SMILES string of the molecule is CC(C)NCCCC(=O)N(Cc1ccc(F)cc1)C1CC1. The molecule has 1 aliphatic carbocycles. The second kappa shape index (κ2) is 7.55. The summed E-state index contributed by atoms with van der Waals surface area (Å²) in [5.41, 5.74) is 0.997. The second-order valence-corrected chi connectivity index (χ2v) is 6.09. The van der Waals surface area contributed by atoms with Crippen LogP contribution in [0.15, 0.2) is 24.3 Å². The lowest BCUT2D eigenvalue weighted by atomic mass is 10.2. The van der Waals surface area contributed by atoms with Crippen molar-refractivity contribution in [3.63, 3.8) is 0 Å². The number of halogens is 1. The van der Waals surface area contributed by atoms with Gasteiger partial charge in [0, 0.05) is 25.0 Å². The lowest BCUT2D eigenvalue weighted by molar-refractivity contribution is -0.132. The molecule has 0 unspecified atom stereocenters. The molecule has 0 aromatic heterocycles. The van der Waals surface area contributed by atoms with Gasteiger partial charge in [-0.15, -0.1) is 0 Å². The van der Waals surface area contributed by atoms with Gasteiger partial charge in [-0.1, -0.05) is 26.0 Å². The first-order chi connectivity index (χ1) is 10.1. The molecule has 0 saturated heterocycles. The van der Waals surface area contributed by atoms with Crippen LogP contribution in [-0.2, 0) is 11.3 Å². The molecule has 116 valence electrons. The summed E-state index contributed by atoms with van der Waals surface area (Å²) in [6.45, 7) is 5.68. The molecule has 0 bridgehead atoms. The minimum atomic E-state index is -0.234. The summed E-state index contributed by atoms with van der Waals surface area (Å²) in [6.07, 6.45) is 3.63. The van der Waals surface area contributed by atoms with E-state index in [2.05, 4.69) is 19.2 Å². The van der Waals surface area contributed by atoms with Gasteiger partial charge in [0.1, 0.15) is 5.82 Å². The molecule has 1 aromatic carbocycles. The van der Waals surface area contributed by atoms with Crippen LogP contribution in [0.1, 0.15) is 45.1 Å². The van der Waals surface area contributed by atoms with E-state index in [0.29, 0.717) is 25.0 Å². The van der Waals surface area contributed by atoms with Crippen molar-refractivity contribution < 1.29 is 9.18 Å². The minimum absolute atomic E-state index is 0.215. The number of amides is 1. The van der Waals surface area contributed by atoms with Gasteiger partial charge < -0.3 is 10.2 Å². The van der Waals surface area contributed by atoms with Crippen LogP contribution in [0.5, 0.6) is 0 Å². The molecule has 1 fully saturated rings. The Bertz CT molecular complexity index is 454. The fourth-order valence-electron chi connectivity index (χ4n) is 2.37.